The molecule has 1 N–H and O–H groups in total. The minimum Gasteiger partial charge on any atom is -0.497 e. The number of fused-ring (bicyclic) bond motifs is 1. The minimum atomic E-state index is -3.92. The van der Waals surface area contributed by atoms with Gasteiger partial charge >= 0.3 is 0 Å². The van der Waals surface area contributed by atoms with E-state index in [9.17, 15) is 8.42 Å². The largest absolute Gasteiger partial charge is 0.497 e. The molecule has 0 saturated carbocycles. The molecule has 7 heteroatoms. The molecule has 0 aliphatic rings. The molecular formula is C20H20N2O4S. The normalized spacial score (nSPS) is 12.0. The van der Waals surface area contributed by atoms with Gasteiger partial charge in [-0.1, -0.05) is 36.4 Å². The molecule has 0 unspecified atom stereocenters. The van der Waals surface area contributed by atoms with Crippen LogP contribution >= 0.6 is 0 Å². The quantitative estimate of drug-likeness (QED) is 0.521. The summed E-state index contributed by atoms with van der Waals surface area (Å²) in [5.41, 5.74) is 1.38. The van der Waals surface area contributed by atoms with E-state index in [1.54, 1.807) is 13.0 Å². The Bertz CT molecular complexity index is 1110. The highest BCUT2D eigenvalue weighted by atomic mass is 32.2. The Morgan fingerprint density at radius 2 is 1.67 bits per heavy atom. The van der Waals surface area contributed by atoms with Crippen LogP contribution in [0.1, 0.15) is 12.5 Å². The van der Waals surface area contributed by atoms with Gasteiger partial charge in [0.2, 0.25) is 0 Å². The van der Waals surface area contributed by atoms with E-state index >= 15 is 0 Å². The third kappa shape index (κ3) is 4.03. The van der Waals surface area contributed by atoms with Crippen LogP contribution in [0, 0.1) is 0 Å². The SMILES string of the molecule is COc1ccc(OC)c(S(=O)(=O)N/N=C(/C)c2ccc3ccccc3c2)c1. The van der Waals surface area contributed by atoms with Crippen LogP contribution in [0.2, 0.25) is 0 Å². The minimum absolute atomic E-state index is 0.0422. The average molecular weight is 384 g/mol. The van der Waals surface area contributed by atoms with Crippen molar-refractivity contribution in [3.63, 3.8) is 0 Å². The number of methoxy groups -OCH3 is 2. The lowest BCUT2D eigenvalue weighted by molar-refractivity contribution is 0.392. The zero-order valence-corrected chi connectivity index (χ0v) is 16.1. The van der Waals surface area contributed by atoms with Gasteiger partial charge < -0.3 is 9.47 Å². The summed E-state index contributed by atoms with van der Waals surface area (Å²) in [6, 6.07) is 18.3. The highest BCUT2D eigenvalue weighted by Gasteiger charge is 2.20. The van der Waals surface area contributed by atoms with E-state index in [2.05, 4.69) is 9.93 Å². The predicted octanol–water partition coefficient (Wildman–Crippen LogP) is 3.56. The Kier molecular flexibility index (Phi) is 5.32. The van der Waals surface area contributed by atoms with Crippen LogP contribution < -0.4 is 14.3 Å². The average Bonchev–Trinajstić information content (AvgIpc) is 2.71. The van der Waals surface area contributed by atoms with E-state index in [-0.39, 0.29) is 10.6 Å². The van der Waals surface area contributed by atoms with Crippen molar-refractivity contribution in [2.45, 2.75) is 11.8 Å². The van der Waals surface area contributed by atoms with Crippen LogP contribution in [0.3, 0.4) is 0 Å². The second kappa shape index (κ2) is 7.67. The Hall–Kier alpha value is -3.06. The number of hydrazone groups is 1. The molecule has 3 aromatic carbocycles. The molecule has 140 valence electrons. The van der Waals surface area contributed by atoms with Gasteiger partial charge in [0.15, 0.2) is 0 Å². The van der Waals surface area contributed by atoms with E-state index in [0.29, 0.717) is 11.5 Å². The molecule has 0 aliphatic carbocycles. The summed E-state index contributed by atoms with van der Waals surface area (Å²) in [5, 5.41) is 6.23. The first-order valence-electron chi connectivity index (χ1n) is 8.22. The first-order chi connectivity index (χ1) is 12.9. The number of nitrogens with one attached hydrogen (secondary N) is 1. The highest BCUT2D eigenvalue weighted by Crippen LogP contribution is 2.28. The van der Waals surface area contributed by atoms with Crippen molar-refractivity contribution in [2.75, 3.05) is 14.2 Å². The molecule has 0 amide bonds. The summed E-state index contributed by atoms with van der Waals surface area (Å²) in [7, 11) is -1.05. The second-order valence-corrected chi connectivity index (χ2v) is 7.50. The fourth-order valence-corrected chi connectivity index (χ4v) is 3.69. The maximum Gasteiger partial charge on any atom is 0.280 e. The summed E-state index contributed by atoms with van der Waals surface area (Å²) < 4.78 is 35.6. The first-order valence-corrected chi connectivity index (χ1v) is 9.70. The Balaban J connectivity index is 1.91. The summed E-state index contributed by atoms with van der Waals surface area (Å²) in [5.74, 6) is 0.619. The lowest BCUT2D eigenvalue weighted by Crippen LogP contribution is -2.20. The van der Waals surface area contributed by atoms with Gasteiger partial charge in [0.25, 0.3) is 10.0 Å². The van der Waals surface area contributed by atoms with Crippen LogP contribution in [0.25, 0.3) is 10.8 Å². The van der Waals surface area contributed by atoms with Crippen LogP contribution in [0.5, 0.6) is 11.5 Å². The molecule has 3 rings (SSSR count). The van der Waals surface area contributed by atoms with Gasteiger partial charge in [0.1, 0.15) is 16.4 Å². The molecular weight excluding hydrogens is 364 g/mol. The van der Waals surface area contributed by atoms with E-state index in [4.69, 9.17) is 9.47 Å². The second-order valence-electron chi connectivity index (χ2n) is 5.87. The monoisotopic (exact) mass is 384 g/mol. The van der Waals surface area contributed by atoms with E-state index in [1.807, 2.05) is 42.5 Å². The molecule has 0 heterocycles. The number of benzene rings is 3. The Labute approximate surface area is 158 Å². The third-order valence-corrected chi connectivity index (χ3v) is 5.39. The zero-order chi connectivity index (χ0) is 19.4. The molecule has 3 aromatic rings. The topological polar surface area (TPSA) is 77.0 Å². The van der Waals surface area contributed by atoms with Crippen molar-refractivity contribution < 1.29 is 17.9 Å². The molecule has 0 bridgehead atoms. The lowest BCUT2D eigenvalue weighted by atomic mass is 10.0. The van der Waals surface area contributed by atoms with Crippen LogP contribution in [-0.2, 0) is 10.0 Å². The number of hydrogen-bond donors (Lipinski definition) is 1. The van der Waals surface area contributed by atoms with E-state index < -0.39 is 10.0 Å². The molecule has 0 atom stereocenters. The predicted molar refractivity (Wildman–Crippen MR) is 106 cm³/mol. The van der Waals surface area contributed by atoms with Gasteiger partial charge in [-0.05, 0) is 41.5 Å². The van der Waals surface area contributed by atoms with E-state index in [0.717, 1.165) is 16.3 Å². The summed E-state index contributed by atoms with van der Waals surface area (Å²) >= 11 is 0. The number of sulfonamides is 1. The van der Waals surface area contributed by atoms with Crippen molar-refractivity contribution in [3.8, 4) is 11.5 Å². The van der Waals surface area contributed by atoms with Crippen molar-refractivity contribution in [1.82, 2.24) is 4.83 Å². The molecule has 0 aliphatic heterocycles. The smallest absolute Gasteiger partial charge is 0.280 e. The van der Waals surface area contributed by atoms with E-state index in [1.165, 1.54) is 26.4 Å². The molecule has 0 radical (unpaired) electrons. The van der Waals surface area contributed by atoms with Crippen molar-refractivity contribution in [1.29, 1.82) is 0 Å². The van der Waals surface area contributed by atoms with Crippen molar-refractivity contribution in [2.24, 2.45) is 5.10 Å². The molecule has 0 saturated heterocycles. The maximum absolute atomic E-state index is 12.7. The molecule has 0 fully saturated rings. The van der Waals surface area contributed by atoms with Crippen LogP contribution in [0.4, 0.5) is 0 Å². The molecule has 0 spiro atoms. The van der Waals surface area contributed by atoms with Gasteiger partial charge in [-0.2, -0.15) is 18.4 Å². The standard InChI is InChI=1S/C20H20N2O4S/c1-14(16-9-8-15-6-4-5-7-17(15)12-16)21-22-27(23,24)20-13-18(25-2)10-11-19(20)26-3/h4-13,22H,1-3H3/b21-14-. The molecule has 0 aromatic heterocycles. The Morgan fingerprint density at radius 1 is 0.926 bits per heavy atom. The van der Waals surface area contributed by atoms with Gasteiger partial charge in [0, 0.05) is 6.07 Å². The number of rotatable bonds is 6. The van der Waals surface area contributed by atoms with Crippen LogP contribution in [0.15, 0.2) is 70.7 Å². The van der Waals surface area contributed by atoms with Gasteiger partial charge in [-0.3, -0.25) is 0 Å². The van der Waals surface area contributed by atoms with Gasteiger partial charge in [-0.25, -0.2) is 0 Å². The van der Waals surface area contributed by atoms with Crippen molar-refractivity contribution >= 4 is 26.5 Å². The van der Waals surface area contributed by atoms with Gasteiger partial charge in [-0.15, -0.1) is 0 Å². The maximum atomic E-state index is 12.7. The Morgan fingerprint density at radius 3 is 2.37 bits per heavy atom. The highest BCUT2D eigenvalue weighted by molar-refractivity contribution is 7.89. The number of nitrogens with zero attached hydrogens (tertiary/aromatic N) is 1. The third-order valence-electron chi connectivity index (χ3n) is 4.16. The number of ether oxygens (including phenoxy) is 2. The van der Waals surface area contributed by atoms with Gasteiger partial charge in [0.05, 0.1) is 19.9 Å². The fraction of sp³-hybridized carbons (Fsp3) is 0.150. The summed E-state index contributed by atoms with van der Waals surface area (Å²) in [6.45, 7) is 1.75. The zero-order valence-electron chi connectivity index (χ0n) is 15.3. The number of hydrogen-bond acceptors (Lipinski definition) is 5. The lowest BCUT2D eigenvalue weighted by Gasteiger charge is -2.11. The first kappa shape index (κ1) is 18.7. The van der Waals surface area contributed by atoms with Crippen LogP contribution in [-0.4, -0.2) is 28.3 Å². The van der Waals surface area contributed by atoms with Crippen molar-refractivity contribution in [3.05, 3.63) is 66.2 Å². The molecule has 27 heavy (non-hydrogen) atoms. The molecule has 6 nitrogen and oxygen atoms in total. The summed E-state index contributed by atoms with van der Waals surface area (Å²) in [6.07, 6.45) is 0. The fourth-order valence-electron chi connectivity index (χ4n) is 2.65. The summed E-state index contributed by atoms with van der Waals surface area (Å²) in [4.78, 5) is 2.23.